The number of carbonyl (C=O) groups is 1. The highest BCUT2D eigenvalue weighted by Gasteiger charge is 2.34. The Kier molecular flexibility index (Phi) is 5.21. The van der Waals surface area contributed by atoms with Gasteiger partial charge in [-0.05, 0) is 37.3 Å². The van der Waals surface area contributed by atoms with Crippen molar-refractivity contribution in [3.8, 4) is 0 Å². The first-order valence-electron chi connectivity index (χ1n) is 6.32. The maximum atomic E-state index is 12.4. The average Bonchev–Trinajstić information content (AvgIpc) is 2.88. The molecule has 5 heteroatoms. The second kappa shape index (κ2) is 6.51. The van der Waals surface area contributed by atoms with Crippen molar-refractivity contribution in [3.05, 3.63) is 28.8 Å². The highest BCUT2D eigenvalue weighted by Crippen LogP contribution is 2.32. The zero-order valence-corrected chi connectivity index (χ0v) is 14.0. The number of benzene rings is 1. The highest BCUT2D eigenvalue weighted by molar-refractivity contribution is 9.09. The van der Waals surface area contributed by atoms with E-state index in [1.807, 2.05) is 18.4 Å². The molecule has 0 aromatic heterocycles. The number of rotatable bonds is 4. The van der Waals surface area contributed by atoms with Gasteiger partial charge < -0.3 is 5.32 Å². The quantitative estimate of drug-likeness (QED) is 0.631. The summed E-state index contributed by atoms with van der Waals surface area (Å²) in [5.41, 5.74) is 0.469. The standard InChI is InChI=1S/C14H17BrClNOS/c1-19-10-4-5-12(16)11(8-10)13(18)17-14(9-15)6-2-3-7-14/h4-5,8H,2-3,6-7,9H2,1H3,(H,17,18). The summed E-state index contributed by atoms with van der Waals surface area (Å²) in [6, 6.07) is 5.58. The van der Waals surface area contributed by atoms with E-state index in [1.54, 1.807) is 17.8 Å². The summed E-state index contributed by atoms with van der Waals surface area (Å²) in [5.74, 6) is -0.0674. The number of alkyl halides is 1. The Labute approximate surface area is 131 Å². The molecule has 2 rings (SSSR count). The molecule has 2 nitrogen and oxygen atoms in total. The predicted molar refractivity (Wildman–Crippen MR) is 85.7 cm³/mol. The van der Waals surface area contributed by atoms with Crippen LogP contribution in [0.2, 0.25) is 5.02 Å². The SMILES string of the molecule is CSc1ccc(Cl)c(C(=O)NC2(CBr)CCCC2)c1. The zero-order valence-electron chi connectivity index (χ0n) is 10.8. The molecule has 0 radical (unpaired) electrons. The van der Waals surface area contributed by atoms with Crippen molar-refractivity contribution in [1.82, 2.24) is 5.32 Å². The molecule has 1 aliphatic carbocycles. The van der Waals surface area contributed by atoms with Crippen LogP contribution in [0.25, 0.3) is 0 Å². The molecule has 1 amide bonds. The van der Waals surface area contributed by atoms with Gasteiger partial charge in [-0.25, -0.2) is 0 Å². The van der Waals surface area contributed by atoms with Crippen LogP contribution < -0.4 is 5.32 Å². The van der Waals surface area contributed by atoms with Crippen LogP contribution in [-0.4, -0.2) is 23.0 Å². The maximum absolute atomic E-state index is 12.4. The number of hydrogen-bond donors (Lipinski definition) is 1. The molecule has 0 bridgehead atoms. The van der Waals surface area contributed by atoms with Gasteiger partial charge in [-0.1, -0.05) is 40.4 Å². The molecule has 1 fully saturated rings. The van der Waals surface area contributed by atoms with Crippen LogP contribution in [0.4, 0.5) is 0 Å². The van der Waals surface area contributed by atoms with E-state index in [2.05, 4.69) is 21.2 Å². The molecular formula is C14H17BrClNOS. The number of thioether (sulfide) groups is 1. The third kappa shape index (κ3) is 3.47. The Hall–Kier alpha value is -0.190. The van der Waals surface area contributed by atoms with Gasteiger partial charge in [-0.15, -0.1) is 11.8 Å². The van der Waals surface area contributed by atoms with Gasteiger partial charge in [-0.2, -0.15) is 0 Å². The summed E-state index contributed by atoms with van der Waals surface area (Å²) in [5, 5.41) is 4.48. The monoisotopic (exact) mass is 361 g/mol. The molecule has 0 heterocycles. The van der Waals surface area contributed by atoms with E-state index < -0.39 is 0 Å². The minimum atomic E-state index is -0.101. The Morgan fingerprint density at radius 2 is 2.16 bits per heavy atom. The molecule has 1 aromatic rings. The molecule has 0 spiro atoms. The summed E-state index contributed by atoms with van der Waals surface area (Å²) in [6.45, 7) is 0. The largest absolute Gasteiger partial charge is 0.346 e. The zero-order chi connectivity index (χ0) is 13.9. The lowest BCUT2D eigenvalue weighted by molar-refractivity contribution is 0.0910. The van der Waals surface area contributed by atoms with Crippen LogP contribution in [0.15, 0.2) is 23.1 Å². The first-order chi connectivity index (χ1) is 9.10. The number of carbonyl (C=O) groups excluding carboxylic acids is 1. The van der Waals surface area contributed by atoms with E-state index in [1.165, 1.54) is 12.8 Å². The van der Waals surface area contributed by atoms with Crippen molar-refractivity contribution in [1.29, 1.82) is 0 Å². The van der Waals surface area contributed by atoms with Gasteiger partial charge in [0.05, 0.1) is 16.1 Å². The molecular weight excluding hydrogens is 346 g/mol. The summed E-state index contributed by atoms with van der Waals surface area (Å²) in [4.78, 5) is 13.5. The minimum absolute atomic E-state index is 0.0674. The number of nitrogens with one attached hydrogen (secondary N) is 1. The smallest absolute Gasteiger partial charge is 0.253 e. The second-order valence-corrected chi connectivity index (χ2v) is 6.77. The summed E-state index contributed by atoms with van der Waals surface area (Å²) in [7, 11) is 0. The molecule has 0 saturated heterocycles. The maximum Gasteiger partial charge on any atom is 0.253 e. The lowest BCUT2D eigenvalue weighted by Crippen LogP contribution is -2.47. The van der Waals surface area contributed by atoms with Crippen LogP contribution >= 0.6 is 39.3 Å². The fourth-order valence-electron chi connectivity index (χ4n) is 2.46. The van der Waals surface area contributed by atoms with Crippen molar-refractivity contribution in [2.45, 2.75) is 36.1 Å². The van der Waals surface area contributed by atoms with E-state index >= 15 is 0 Å². The van der Waals surface area contributed by atoms with Crippen LogP contribution in [0.3, 0.4) is 0 Å². The minimum Gasteiger partial charge on any atom is -0.346 e. The normalized spacial score (nSPS) is 17.4. The van der Waals surface area contributed by atoms with E-state index in [9.17, 15) is 4.79 Å². The Balaban J connectivity index is 2.19. The topological polar surface area (TPSA) is 29.1 Å². The molecule has 104 valence electrons. The van der Waals surface area contributed by atoms with Gasteiger partial charge >= 0.3 is 0 Å². The third-order valence-corrected chi connectivity index (χ3v) is 5.74. The Bertz CT molecular complexity index is 475. The van der Waals surface area contributed by atoms with Crippen molar-refractivity contribution in [2.24, 2.45) is 0 Å². The van der Waals surface area contributed by atoms with E-state index in [0.717, 1.165) is 23.1 Å². The van der Waals surface area contributed by atoms with Gasteiger partial charge in [-0.3, -0.25) is 4.79 Å². The lowest BCUT2D eigenvalue weighted by Gasteiger charge is -2.28. The van der Waals surface area contributed by atoms with Crippen LogP contribution in [0.1, 0.15) is 36.0 Å². The van der Waals surface area contributed by atoms with Gasteiger partial charge in [0.25, 0.3) is 5.91 Å². The van der Waals surface area contributed by atoms with Gasteiger partial charge in [0.1, 0.15) is 0 Å². The average molecular weight is 363 g/mol. The molecule has 0 aliphatic heterocycles. The van der Waals surface area contributed by atoms with Crippen molar-refractivity contribution in [3.63, 3.8) is 0 Å². The lowest BCUT2D eigenvalue weighted by atomic mass is 10.00. The first kappa shape index (κ1) is 15.2. The third-order valence-electron chi connectivity index (χ3n) is 3.61. The van der Waals surface area contributed by atoms with Gasteiger partial charge in [0.15, 0.2) is 0 Å². The molecule has 1 aromatic carbocycles. The Morgan fingerprint density at radius 1 is 1.47 bits per heavy atom. The second-order valence-electron chi connectivity index (χ2n) is 4.92. The summed E-state index contributed by atoms with van der Waals surface area (Å²) in [6.07, 6.45) is 6.39. The van der Waals surface area contributed by atoms with E-state index in [4.69, 9.17) is 11.6 Å². The van der Waals surface area contributed by atoms with Crippen LogP contribution in [0.5, 0.6) is 0 Å². The molecule has 19 heavy (non-hydrogen) atoms. The van der Waals surface area contributed by atoms with Gasteiger partial charge in [0, 0.05) is 10.2 Å². The predicted octanol–water partition coefficient (Wildman–Crippen LogP) is 4.50. The summed E-state index contributed by atoms with van der Waals surface area (Å²) < 4.78 is 0. The fourth-order valence-corrected chi connectivity index (χ4v) is 3.80. The first-order valence-corrected chi connectivity index (χ1v) is 9.05. The molecule has 1 N–H and O–H groups in total. The van der Waals surface area contributed by atoms with E-state index in [0.29, 0.717) is 10.6 Å². The molecule has 0 atom stereocenters. The molecule has 0 unspecified atom stereocenters. The Morgan fingerprint density at radius 3 is 2.74 bits per heavy atom. The summed E-state index contributed by atoms with van der Waals surface area (Å²) >= 11 is 11.3. The highest BCUT2D eigenvalue weighted by atomic mass is 79.9. The number of amides is 1. The number of halogens is 2. The van der Waals surface area contributed by atoms with Crippen molar-refractivity contribution < 1.29 is 4.79 Å². The molecule has 1 saturated carbocycles. The molecule has 1 aliphatic rings. The van der Waals surface area contributed by atoms with Crippen LogP contribution in [-0.2, 0) is 0 Å². The number of hydrogen-bond acceptors (Lipinski definition) is 2. The van der Waals surface area contributed by atoms with Gasteiger partial charge in [0.2, 0.25) is 0 Å². The fraction of sp³-hybridized carbons (Fsp3) is 0.500. The van der Waals surface area contributed by atoms with Crippen LogP contribution in [0, 0.1) is 0 Å². The van der Waals surface area contributed by atoms with E-state index in [-0.39, 0.29) is 11.4 Å². The van der Waals surface area contributed by atoms with Crippen molar-refractivity contribution in [2.75, 3.05) is 11.6 Å². The van der Waals surface area contributed by atoms with Crippen molar-refractivity contribution >= 4 is 45.2 Å².